The SMILES string of the molecule is Cc1cc(Oc2c(C)cc(C(=O)N[C@H](C)C(=O)N3C(C(C)(C)O)CC[C@H]3c3cccc(Cl)c3)cc2F)c(=O)[nH]n1. The minimum Gasteiger partial charge on any atom is -0.448 e. The van der Waals surface area contributed by atoms with Gasteiger partial charge in [0.25, 0.3) is 5.91 Å². The standard InChI is InChI=1S/C29H32ClFN4O5/c1-15-11-19(14-21(31)25(15)40-23-12-16(2)33-34-27(23)37)26(36)32-17(3)28(38)35-22(9-10-24(35)29(4,5)39)18-7-6-8-20(30)13-18/h6-8,11-14,17,22,24,39H,9-10H2,1-5H3,(H,32,36)(H,34,37)/t17-,22+,24?/m1/s1. The Labute approximate surface area is 236 Å². The summed E-state index contributed by atoms with van der Waals surface area (Å²) in [5, 5.41) is 20.1. The second-order valence-electron chi connectivity index (χ2n) is 10.7. The van der Waals surface area contributed by atoms with Crippen molar-refractivity contribution >= 4 is 23.4 Å². The Morgan fingerprint density at radius 2 is 1.95 bits per heavy atom. The van der Waals surface area contributed by atoms with Crippen LogP contribution in [0.1, 0.15) is 66.8 Å². The number of rotatable bonds is 7. The first-order valence-corrected chi connectivity index (χ1v) is 13.3. The summed E-state index contributed by atoms with van der Waals surface area (Å²) >= 11 is 6.20. The maximum Gasteiger partial charge on any atom is 0.307 e. The summed E-state index contributed by atoms with van der Waals surface area (Å²) in [5.41, 5.74) is -0.236. The Balaban J connectivity index is 1.55. The number of hydrogen-bond donors (Lipinski definition) is 3. The highest BCUT2D eigenvalue weighted by Gasteiger charge is 2.45. The van der Waals surface area contributed by atoms with Crippen LogP contribution in [0.5, 0.6) is 11.5 Å². The number of aliphatic hydroxyl groups is 1. The highest BCUT2D eigenvalue weighted by molar-refractivity contribution is 6.30. The zero-order valence-electron chi connectivity index (χ0n) is 22.9. The van der Waals surface area contributed by atoms with Gasteiger partial charge in [-0.15, -0.1) is 0 Å². The van der Waals surface area contributed by atoms with Crippen LogP contribution in [0.2, 0.25) is 5.02 Å². The van der Waals surface area contributed by atoms with Crippen molar-refractivity contribution in [1.29, 1.82) is 0 Å². The fourth-order valence-corrected chi connectivity index (χ4v) is 5.28. The quantitative estimate of drug-likeness (QED) is 0.381. The summed E-state index contributed by atoms with van der Waals surface area (Å²) in [4.78, 5) is 40.4. The Bertz CT molecular complexity index is 1480. The normalized spacial score (nSPS) is 17.9. The van der Waals surface area contributed by atoms with E-state index >= 15 is 4.39 Å². The molecule has 1 aliphatic heterocycles. The van der Waals surface area contributed by atoms with Crippen LogP contribution in [0.4, 0.5) is 4.39 Å². The average molecular weight is 571 g/mol. The van der Waals surface area contributed by atoms with Gasteiger partial charge in [-0.25, -0.2) is 9.49 Å². The topological polar surface area (TPSA) is 125 Å². The summed E-state index contributed by atoms with van der Waals surface area (Å²) in [7, 11) is 0. The second-order valence-corrected chi connectivity index (χ2v) is 11.1. The number of nitrogens with zero attached hydrogens (tertiary/aromatic N) is 2. The molecule has 2 aromatic carbocycles. The number of aromatic nitrogens is 2. The van der Waals surface area contributed by atoms with E-state index in [1.165, 1.54) is 12.1 Å². The molecule has 9 nitrogen and oxygen atoms in total. The molecule has 40 heavy (non-hydrogen) atoms. The van der Waals surface area contributed by atoms with Crippen LogP contribution >= 0.6 is 11.6 Å². The third-order valence-electron chi connectivity index (χ3n) is 7.01. The van der Waals surface area contributed by atoms with Crippen molar-refractivity contribution in [2.75, 3.05) is 0 Å². The van der Waals surface area contributed by atoms with E-state index < -0.39 is 35.0 Å². The van der Waals surface area contributed by atoms with Gasteiger partial charge in [0.1, 0.15) is 6.04 Å². The lowest BCUT2D eigenvalue weighted by molar-refractivity contribution is -0.141. The molecular weight excluding hydrogens is 539 g/mol. The zero-order chi connectivity index (χ0) is 29.4. The summed E-state index contributed by atoms with van der Waals surface area (Å²) in [6.45, 7) is 8.04. The van der Waals surface area contributed by atoms with Gasteiger partial charge in [-0.3, -0.25) is 14.4 Å². The third kappa shape index (κ3) is 6.18. The molecule has 1 aliphatic rings. The number of benzene rings is 2. The van der Waals surface area contributed by atoms with Crippen molar-refractivity contribution in [2.45, 2.75) is 71.2 Å². The van der Waals surface area contributed by atoms with E-state index in [0.29, 0.717) is 23.6 Å². The first kappa shape index (κ1) is 29.2. The number of carbonyl (C=O) groups is 2. The predicted octanol–water partition coefficient (Wildman–Crippen LogP) is 4.59. The van der Waals surface area contributed by atoms with Gasteiger partial charge in [-0.1, -0.05) is 23.7 Å². The molecule has 1 fully saturated rings. The van der Waals surface area contributed by atoms with Gasteiger partial charge in [0.15, 0.2) is 17.3 Å². The molecule has 2 heterocycles. The van der Waals surface area contributed by atoms with Crippen LogP contribution in [0.25, 0.3) is 0 Å². The number of halogens is 2. The zero-order valence-corrected chi connectivity index (χ0v) is 23.7. The number of hydrogen-bond acceptors (Lipinski definition) is 6. The molecule has 0 saturated carbocycles. The molecule has 0 spiro atoms. The first-order chi connectivity index (χ1) is 18.8. The van der Waals surface area contributed by atoms with Gasteiger partial charge < -0.3 is 20.1 Å². The fourth-order valence-electron chi connectivity index (χ4n) is 5.08. The predicted molar refractivity (Wildman–Crippen MR) is 148 cm³/mol. The van der Waals surface area contributed by atoms with Crippen LogP contribution in [-0.4, -0.2) is 49.7 Å². The lowest BCUT2D eigenvalue weighted by atomic mass is 9.96. The summed E-state index contributed by atoms with van der Waals surface area (Å²) in [5.74, 6) is -2.23. The highest BCUT2D eigenvalue weighted by Crippen LogP contribution is 2.41. The second kappa shape index (κ2) is 11.4. The van der Waals surface area contributed by atoms with Crippen LogP contribution < -0.4 is 15.6 Å². The number of aryl methyl sites for hydroxylation is 2. The Morgan fingerprint density at radius 1 is 1.23 bits per heavy atom. The molecule has 11 heteroatoms. The van der Waals surface area contributed by atoms with Crippen LogP contribution in [0.3, 0.4) is 0 Å². The molecule has 0 aliphatic carbocycles. The Kier molecular flexibility index (Phi) is 8.32. The molecule has 3 N–H and O–H groups in total. The maximum atomic E-state index is 15.0. The molecule has 212 valence electrons. The fraction of sp³-hybridized carbons (Fsp3) is 0.379. The van der Waals surface area contributed by atoms with Crippen molar-refractivity contribution in [3.8, 4) is 11.5 Å². The van der Waals surface area contributed by atoms with Gasteiger partial charge in [0, 0.05) is 16.7 Å². The number of H-pyrrole nitrogens is 1. The molecule has 2 amide bonds. The lowest BCUT2D eigenvalue weighted by Crippen LogP contribution is -2.54. The molecule has 3 atom stereocenters. The van der Waals surface area contributed by atoms with E-state index in [2.05, 4.69) is 15.5 Å². The minimum atomic E-state index is -1.18. The summed E-state index contributed by atoms with van der Waals surface area (Å²) < 4.78 is 20.5. The van der Waals surface area contributed by atoms with Gasteiger partial charge in [0.2, 0.25) is 5.91 Å². The molecular formula is C29H32ClFN4O5. The average Bonchev–Trinajstić information content (AvgIpc) is 3.33. The van der Waals surface area contributed by atoms with E-state index in [1.807, 2.05) is 6.07 Å². The molecule has 3 aromatic rings. The van der Waals surface area contributed by atoms with E-state index in [0.717, 1.165) is 11.6 Å². The lowest BCUT2D eigenvalue weighted by Gasteiger charge is -2.38. The molecule has 1 unspecified atom stereocenters. The molecule has 0 radical (unpaired) electrons. The maximum absolute atomic E-state index is 15.0. The monoisotopic (exact) mass is 570 g/mol. The van der Waals surface area contributed by atoms with E-state index in [4.69, 9.17) is 16.3 Å². The minimum absolute atomic E-state index is 0.0198. The van der Waals surface area contributed by atoms with E-state index in [1.54, 1.807) is 57.7 Å². The molecule has 1 aromatic heterocycles. The number of nitrogens with one attached hydrogen (secondary N) is 2. The van der Waals surface area contributed by atoms with Crippen molar-refractivity contribution in [2.24, 2.45) is 0 Å². The highest BCUT2D eigenvalue weighted by atomic mass is 35.5. The number of likely N-dealkylation sites (tertiary alicyclic amines) is 1. The van der Waals surface area contributed by atoms with Gasteiger partial charge in [0.05, 0.1) is 23.4 Å². The van der Waals surface area contributed by atoms with Crippen LogP contribution in [0, 0.1) is 19.7 Å². The number of carbonyl (C=O) groups excluding carboxylic acids is 2. The van der Waals surface area contributed by atoms with Gasteiger partial charge in [-0.2, -0.15) is 5.10 Å². The Hall–Kier alpha value is -3.76. The number of aromatic amines is 1. The Morgan fingerprint density at radius 3 is 2.60 bits per heavy atom. The van der Waals surface area contributed by atoms with E-state index in [9.17, 15) is 19.5 Å². The van der Waals surface area contributed by atoms with Gasteiger partial charge in [-0.05, 0) is 82.9 Å². The van der Waals surface area contributed by atoms with Crippen LogP contribution in [-0.2, 0) is 4.79 Å². The number of amides is 2. The van der Waals surface area contributed by atoms with Crippen molar-refractivity contribution < 1.29 is 23.8 Å². The number of ether oxygens (including phenoxy) is 1. The third-order valence-corrected chi connectivity index (χ3v) is 7.24. The molecule has 0 bridgehead atoms. The smallest absolute Gasteiger partial charge is 0.307 e. The van der Waals surface area contributed by atoms with Crippen molar-refractivity contribution in [1.82, 2.24) is 20.4 Å². The first-order valence-electron chi connectivity index (χ1n) is 12.9. The van der Waals surface area contributed by atoms with E-state index in [-0.39, 0.29) is 34.6 Å². The summed E-state index contributed by atoms with van der Waals surface area (Å²) in [6.07, 6.45) is 1.19. The van der Waals surface area contributed by atoms with Crippen molar-refractivity contribution in [3.63, 3.8) is 0 Å². The van der Waals surface area contributed by atoms with Crippen molar-refractivity contribution in [3.05, 3.63) is 86.0 Å². The van der Waals surface area contributed by atoms with Crippen LogP contribution in [0.15, 0.2) is 47.3 Å². The molecule has 4 rings (SSSR count). The van der Waals surface area contributed by atoms with Gasteiger partial charge >= 0.3 is 5.56 Å². The summed E-state index contributed by atoms with van der Waals surface area (Å²) in [6, 6.07) is 9.20. The molecule has 1 saturated heterocycles. The largest absolute Gasteiger partial charge is 0.448 e.